The maximum atomic E-state index is 12.2. The van der Waals surface area contributed by atoms with Gasteiger partial charge in [-0.15, -0.1) is 0 Å². The summed E-state index contributed by atoms with van der Waals surface area (Å²) < 4.78 is 15.6. The highest BCUT2D eigenvalue weighted by Crippen LogP contribution is 2.37. The summed E-state index contributed by atoms with van der Waals surface area (Å²) in [6.45, 7) is 6.92. The van der Waals surface area contributed by atoms with Gasteiger partial charge in [0.2, 0.25) is 12.2 Å². The third kappa shape index (κ3) is 3.48. The number of ether oxygens (including phenoxy) is 3. The second-order valence-electron chi connectivity index (χ2n) is 6.00. The van der Waals surface area contributed by atoms with Gasteiger partial charge in [0.05, 0.1) is 0 Å². The minimum atomic E-state index is -1.07. The molecule has 122 valence electrons. The van der Waals surface area contributed by atoms with Crippen LogP contribution in [0.4, 0.5) is 0 Å². The highest BCUT2D eigenvalue weighted by molar-refractivity contribution is 5.91. The molecule has 1 aliphatic carbocycles. The van der Waals surface area contributed by atoms with Gasteiger partial charge in [-0.05, 0) is 39.0 Å². The van der Waals surface area contributed by atoms with Gasteiger partial charge in [0.25, 0.3) is 0 Å². The molecule has 0 radical (unpaired) electrons. The van der Waals surface area contributed by atoms with Gasteiger partial charge in [0, 0.05) is 12.0 Å². The first kappa shape index (κ1) is 16.5. The number of hydrogen-bond acceptors (Lipinski definition) is 6. The summed E-state index contributed by atoms with van der Waals surface area (Å²) in [5.74, 6) is -1.93. The van der Waals surface area contributed by atoms with Crippen LogP contribution in [-0.2, 0) is 28.6 Å². The molecule has 0 aromatic heterocycles. The summed E-state index contributed by atoms with van der Waals surface area (Å²) in [6, 6.07) is 0. The molecule has 1 saturated carbocycles. The molecule has 2 rings (SSSR count). The summed E-state index contributed by atoms with van der Waals surface area (Å²) in [5.41, 5.74) is -0.245. The van der Waals surface area contributed by atoms with Crippen LogP contribution in [0.15, 0.2) is 12.2 Å². The Bertz CT molecular complexity index is 489. The van der Waals surface area contributed by atoms with E-state index >= 15 is 0 Å². The van der Waals surface area contributed by atoms with E-state index in [0.29, 0.717) is 0 Å². The Morgan fingerprint density at radius 2 is 2.00 bits per heavy atom. The zero-order chi connectivity index (χ0) is 16.3. The van der Waals surface area contributed by atoms with Crippen molar-refractivity contribution in [2.24, 2.45) is 0 Å². The first-order valence-electron chi connectivity index (χ1n) is 7.67. The summed E-state index contributed by atoms with van der Waals surface area (Å²) in [6.07, 6.45) is 2.41. The normalized spacial score (nSPS) is 26.4. The SMILES string of the molecule is C=C(C)C(=O)OC1CC(C(=O)OC2(CC)CCCC2)OC1=O. The minimum absolute atomic E-state index is 0.00349. The molecule has 2 fully saturated rings. The fraction of sp³-hybridized carbons (Fsp3) is 0.688. The van der Waals surface area contributed by atoms with Crippen molar-refractivity contribution in [1.29, 1.82) is 0 Å². The lowest BCUT2D eigenvalue weighted by atomic mass is 9.98. The Balaban J connectivity index is 1.93. The van der Waals surface area contributed by atoms with E-state index in [-0.39, 0.29) is 12.0 Å². The van der Waals surface area contributed by atoms with Gasteiger partial charge in [-0.25, -0.2) is 14.4 Å². The van der Waals surface area contributed by atoms with E-state index in [1.54, 1.807) is 0 Å². The lowest BCUT2D eigenvalue weighted by Gasteiger charge is -2.28. The Hall–Kier alpha value is -1.85. The van der Waals surface area contributed by atoms with Gasteiger partial charge < -0.3 is 14.2 Å². The average molecular weight is 310 g/mol. The van der Waals surface area contributed by atoms with E-state index in [0.717, 1.165) is 32.1 Å². The van der Waals surface area contributed by atoms with Crippen LogP contribution in [0.2, 0.25) is 0 Å². The Kier molecular flexibility index (Phi) is 4.88. The van der Waals surface area contributed by atoms with Gasteiger partial charge in [-0.1, -0.05) is 13.5 Å². The molecule has 2 unspecified atom stereocenters. The van der Waals surface area contributed by atoms with E-state index in [1.165, 1.54) is 6.92 Å². The molecule has 0 N–H and O–H groups in total. The van der Waals surface area contributed by atoms with E-state index in [9.17, 15) is 14.4 Å². The fourth-order valence-corrected chi connectivity index (χ4v) is 2.85. The number of esters is 3. The summed E-state index contributed by atoms with van der Waals surface area (Å²) in [4.78, 5) is 35.4. The minimum Gasteiger partial charge on any atom is -0.456 e. The predicted octanol–water partition coefficient (Wildman–Crippen LogP) is 2.06. The molecule has 1 saturated heterocycles. The van der Waals surface area contributed by atoms with Gasteiger partial charge in [-0.3, -0.25) is 0 Å². The average Bonchev–Trinajstić information content (AvgIpc) is 3.07. The number of hydrogen-bond donors (Lipinski definition) is 0. The van der Waals surface area contributed by atoms with Crippen molar-refractivity contribution in [3.63, 3.8) is 0 Å². The van der Waals surface area contributed by atoms with Crippen molar-refractivity contribution in [2.75, 3.05) is 0 Å². The molecule has 1 aliphatic heterocycles. The summed E-state index contributed by atoms with van der Waals surface area (Å²) >= 11 is 0. The maximum Gasteiger partial charge on any atom is 0.348 e. The van der Waals surface area contributed by atoms with Gasteiger partial charge >= 0.3 is 17.9 Å². The smallest absolute Gasteiger partial charge is 0.348 e. The predicted molar refractivity (Wildman–Crippen MR) is 76.8 cm³/mol. The van der Waals surface area contributed by atoms with Crippen molar-refractivity contribution in [2.45, 2.75) is 70.2 Å². The highest BCUT2D eigenvalue weighted by Gasteiger charge is 2.45. The number of rotatable bonds is 5. The molecule has 0 amide bonds. The molecular weight excluding hydrogens is 288 g/mol. The quantitative estimate of drug-likeness (QED) is 0.439. The molecule has 6 nitrogen and oxygen atoms in total. The van der Waals surface area contributed by atoms with Crippen LogP contribution in [0.3, 0.4) is 0 Å². The zero-order valence-electron chi connectivity index (χ0n) is 13.1. The number of carbonyl (C=O) groups excluding carboxylic acids is 3. The fourth-order valence-electron chi connectivity index (χ4n) is 2.85. The topological polar surface area (TPSA) is 78.9 Å². The van der Waals surface area contributed by atoms with Crippen molar-refractivity contribution in [3.8, 4) is 0 Å². The highest BCUT2D eigenvalue weighted by atomic mass is 16.6. The molecule has 2 atom stereocenters. The zero-order valence-corrected chi connectivity index (χ0v) is 13.1. The van der Waals surface area contributed by atoms with E-state index in [2.05, 4.69) is 6.58 Å². The molecule has 2 aliphatic rings. The van der Waals surface area contributed by atoms with E-state index < -0.39 is 35.7 Å². The maximum absolute atomic E-state index is 12.2. The monoisotopic (exact) mass is 310 g/mol. The van der Waals surface area contributed by atoms with Crippen molar-refractivity contribution >= 4 is 17.9 Å². The second-order valence-corrected chi connectivity index (χ2v) is 6.00. The first-order valence-corrected chi connectivity index (χ1v) is 7.67. The van der Waals surface area contributed by atoms with E-state index in [4.69, 9.17) is 14.2 Å². The second kappa shape index (κ2) is 6.50. The summed E-state index contributed by atoms with van der Waals surface area (Å²) in [7, 11) is 0. The third-order valence-corrected chi connectivity index (χ3v) is 4.29. The molecule has 0 aromatic carbocycles. The van der Waals surface area contributed by atoms with Crippen molar-refractivity contribution in [3.05, 3.63) is 12.2 Å². The van der Waals surface area contributed by atoms with Gasteiger partial charge in [-0.2, -0.15) is 0 Å². The lowest BCUT2D eigenvalue weighted by molar-refractivity contribution is -0.174. The molecule has 6 heteroatoms. The standard InChI is InChI=1S/C16H22O6/c1-4-16(7-5-6-8-16)22-15(19)12-9-11(14(18)21-12)20-13(17)10(2)3/h11-12H,2,4-9H2,1,3H3. The molecule has 0 spiro atoms. The number of carbonyl (C=O) groups is 3. The molecule has 0 bridgehead atoms. The van der Waals surface area contributed by atoms with Crippen molar-refractivity contribution in [1.82, 2.24) is 0 Å². The largest absolute Gasteiger partial charge is 0.456 e. The van der Waals surface area contributed by atoms with Crippen LogP contribution >= 0.6 is 0 Å². The van der Waals surface area contributed by atoms with E-state index in [1.807, 2.05) is 6.92 Å². The van der Waals surface area contributed by atoms with Crippen LogP contribution in [0.25, 0.3) is 0 Å². The molecule has 22 heavy (non-hydrogen) atoms. The van der Waals surface area contributed by atoms with Crippen LogP contribution in [0.1, 0.15) is 52.4 Å². The lowest BCUT2D eigenvalue weighted by Crippen LogP contribution is -2.36. The number of cyclic esters (lactones) is 1. The third-order valence-electron chi connectivity index (χ3n) is 4.29. The van der Waals surface area contributed by atoms with Crippen LogP contribution in [-0.4, -0.2) is 35.7 Å². The molecule has 1 heterocycles. The van der Waals surface area contributed by atoms with Crippen LogP contribution in [0.5, 0.6) is 0 Å². The Morgan fingerprint density at radius 1 is 1.36 bits per heavy atom. The van der Waals surface area contributed by atoms with Crippen molar-refractivity contribution < 1.29 is 28.6 Å². The Morgan fingerprint density at radius 3 is 2.55 bits per heavy atom. The van der Waals surface area contributed by atoms with Gasteiger partial charge in [0.15, 0.2) is 0 Å². The summed E-state index contributed by atoms with van der Waals surface area (Å²) in [5, 5.41) is 0. The van der Waals surface area contributed by atoms with Crippen LogP contribution < -0.4 is 0 Å². The van der Waals surface area contributed by atoms with Gasteiger partial charge in [0.1, 0.15) is 5.60 Å². The molecule has 0 aromatic rings. The van der Waals surface area contributed by atoms with Crippen LogP contribution in [0, 0.1) is 0 Å². The molecular formula is C16H22O6. The Labute approximate surface area is 129 Å². The first-order chi connectivity index (χ1) is 10.4.